The Morgan fingerprint density at radius 2 is 1.76 bits per heavy atom. The van der Waals surface area contributed by atoms with Gasteiger partial charge in [0.1, 0.15) is 17.6 Å². The van der Waals surface area contributed by atoms with Crippen LogP contribution in [-0.2, 0) is 11.2 Å². The highest BCUT2D eigenvalue weighted by Crippen LogP contribution is 2.58. The highest BCUT2D eigenvalue weighted by atomic mass is 19.4. The lowest BCUT2D eigenvalue weighted by Gasteiger charge is -2.39. The number of amides is 1. The smallest absolute Gasteiger partial charge is 0.422 e. The lowest BCUT2D eigenvalue weighted by Crippen LogP contribution is -2.53. The molecule has 1 saturated heterocycles. The molecule has 1 amide bonds. The average Bonchev–Trinajstić information content (AvgIpc) is 3.74. The number of aromatic amines is 1. The molecule has 9 nitrogen and oxygen atoms in total. The molecule has 1 aliphatic heterocycles. The third kappa shape index (κ3) is 6.58. The van der Waals surface area contributed by atoms with Gasteiger partial charge in [0.15, 0.2) is 6.61 Å². The molecule has 1 saturated carbocycles. The molecular weight excluding hydrogens is 604 g/mol. The number of hydrogen-bond donors (Lipinski definition) is 1. The molecule has 0 bridgehead atoms. The Morgan fingerprint density at radius 1 is 1.00 bits per heavy atom. The number of fused-ring (bicyclic) bond motifs is 1. The second kappa shape index (κ2) is 11.6. The number of nitrogens with one attached hydrogen (secondary N) is 1. The van der Waals surface area contributed by atoms with Gasteiger partial charge in [0, 0.05) is 62.2 Å². The summed E-state index contributed by atoms with van der Waals surface area (Å²) in [5.41, 5.74) is 1.98. The summed E-state index contributed by atoms with van der Waals surface area (Å²) in [5, 5.41) is 0. The van der Waals surface area contributed by atoms with Crippen LogP contribution in [0.3, 0.4) is 0 Å². The summed E-state index contributed by atoms with van der Waals surface area (Å²) in [6, 6.07) is 10.5. The van der Waals surface area contributed by atoms with Crippen LogP contribution in [0.5, 0.6) is 5.88 Å². The number of rotatable bonds is 8. The van der Waals surface area contributed by atoms with Gasteiger partial charge < -0.3 is 14.6 Å². The summed E-state index contributed by atoms with van der Waals surface area (Å²) in [5.74, 6) is -0.336. The zero-order chi connectivity index (χ0) is 32.0. The summed E-state index contributed by atoms with van der Waals surface area (Å²) in [6.45, 7) is 1.99. The largest absolute Gasteiger partial charge is 0.468 e. The highest BCUT2D eigenvalue weighted by Gasteiger charge is 2.69. The molecule has 238 valence electrons. The number of nitrogens with zero attached hydrogens (tertiary/aromatic N) is 6. The number of piperazine rings is 1. The van der Waals surface area contributed by atoms with Crippen LogP contribution < -0.4 is 4.74 Å². The number of carbonyl (C=O) groups is 1. The molecule has 0 spiro atoms. The van der Waals surface area contributed by atoms with Crippen LogP contribution in [0.1, 0.15) is 42.9 Å². The maximum Gasteiger partial charge on any atom is 0.422 e. The number of aromatic nitrogens is 5. The van der Waals surface area contributed by atoms with Gasteiger partial charge in [0.05, 0.1) is 16.7 Å². The van der Waals surface area contributed by atoms with Crippen molar-refractivity contribution in [2.45, 2.75) is 44.6 Å². The zero-order valence-electron chi connectivity index (χ0n) is 24.1. The number of benzene rings is 1. The molecule has 1 N–H and O–H groups in total. The fraction of sp³-hybridized carbons (Fsp3) is 0.433. The zero-order valence-corrected chi connectivity index (χ0v) is 24.1. The maximum atomic E-state index is 13.4. The SMILES string of the molecule is CC(c1ccnc(Cc2nc3ccc(-c4cc(OCC(F)(F)F)ncn4)cc3[nH]2)c1)N1CCN(C(=O)C2(C(F)(F)F)CC2)CC1. The number of carbonyl (C=O) groups excluding carboxylic acids is 1. The second-order valence-corrected chi connectivity index (χ2v) is 11.4. The summed E-state index contributed by atoms with van der Waals surface area (Å²) < 4.78 is 82.6. The highest BCUT2D eigenvalue weighted by molar-refractivity contribution is 5.86. The van der Waals surface area contributed by atoms with Gasteiger partial charge in [-0.2, -0.15) is 26.3 Å². The van der Waals surface area contributed by atoms with E-state index in [1.807, 2.05) is 19.1 Å². The van der Waals surface area contributed by atoms with E-state index in [1.54, 1.807) is 24.4 Å². The standard InChI is InChI=1S/C30H29F6N7O2/c1-18(42-8-10-43(11-9-42)27(44)28(5-6-28)30(34,35)36)19-4-7-37-21(12-19)14-25-40-22-3-2-20(13-24(22)41-25)23-15-26(39-17-38-23)45-16-29(31,32)33/h2-4,7,12-13,15,17-18H,5-6,8-11,14,16H2,1H3,(H,40,41). The van der Waals surface area contributed by atoms with E-state index in [9.17, 15) is 31.1 Å². The van der Waals surface area contributed by atoms with Gasteiger partial charge in [-0.1, -0.05) is 6.07 Å². The molecule has 15 heteroatoms. The third-order valence-corrected chi connectivity index (χ3v) is 8.38. The minimum atomic E-state index is -4.51. The van der Waals surface area contributed by atoms with Crippen molar-refractivity contribution in [2.24, 2.45) is 5.41 Å². The normalized spacial score (nSPS) is 17.8. The van der Waals surface area contributed by atoms with Crippen LogP contribution in [0.25, 0.3) is 22.3 Å². The molecule has 3 aromatic heterocycles. The van der Waals surface area contributed by atoms with Crippen LogP contribution in [0.15, 0.2) is 48.9 Å². The fourth-order valence-electron chi connectivity index (χ4n) is 5.63. The Kier molecular flexibility index (Phi) is 7.91. The van der Waals surface area contributed by atoms with Gasteiger partial charge in [0.25, 0.3) is 0 Å². The van der Waals surface area contributed by atoms with E-state index in [0.717, 1.165) is 17.6 Å². The van der Waals surface area contributed by atoms with Crippen LogP contribution in [0.4, 0.5) is 26.3 Å². The Labute approximate surface area is 253 Å². The summed E-state index contributed by atoms with van der Waals surface area (Å²) in [7, 11) is 0. The summed E-state index contributed by atoms with van der Waals surface area (Å²) >= 11 is 0. The van der Waals surface area contributed by atoms with Gasteiger partial charge in [0.2, 0.25) is 11.8 Å². The third-order valence-electron chi connectivity index (χ3n) is 8.38. The number of H-pyrrole nitrogens is 1. The minimum Gasteiger partial charge on any atom is -0.468 e. The van der Waals surface area contributed by atoms with Crippen LogP contribution in [0, 0.1) is 5.41 Å². The lowest BCUT2D eigenvalue weighted by molar-refractivity contribution is -0.199. The quantitative estimate of drug-likeness (QED) is 0.256. The average molecular weight is 634 g/mol. The Hall–Kier alpha value is -4.27. The second-order valence-electron chi connectivity index (χ2n) is 11.4. The predicted octanol–water partition coefficient (Wildman–Crippen LogP) is 5.49. The van der Waals surface area contributed by atoms with E-state index in [-0.39, 0.29) is 37.9 Å². The summed E-state index contributed by atoms with van der Waals surface area (Å²) in [4.78, 5) is 36.4. The molecule has 0 radical (unpaired) electrons. The van der Waals surface area contributed by atoms with Crippen molar-refractivity contribution in [2.75, 3.05) is 32.8 Å². The van der Waals surface area contributed by atoms with Gasteiger partial charge in [-0.25, -0.2) is 15.0 Å². The summed E-state index contributed by atoms with van der Waals surface area (Å²) in [6.07, 6.45) is -6.02. The van der Waals surface area contributed by atoms with Gasteiger partial charge in [-0.15, -0.1) is 0 Å². The number of pyridine rings is 1. The van der Waals surface area contributed by atoms with Crippen molar-refractivity contribution in [3.63, 3.8) is 0 Å². The van der Waals surface area contributed by atoms with E-state index >= 15 is 0 Å². The van der Waals surface area contributed by atoms with E-state index in [4.69, 9.17) is 4.74 Å². The molecule has 2 aliphatic rings. The molecular formula is C30H29F6N7O2. The molecule has 1 aromatic carbocycles. The number of alkyl halides is 6. The monoisotopic (exact) mass is 633 g/mol. The molecule has 2 fully saturated rings. The minimum absolute atomic E-state index is 0.0439. The van der Waals surface area contributed by atoms with E-state index in [0.29, 0.717) is 47.6 Å². The molecule has 1 unspecified atom stereocenters. The van der Waals surface area contributed by atoms with Crippen molar-refractivity contribution < 1.29 is 35.9 Å². The van der Waals surface area contributed by atoms with Crippen molar-refractivity contribution in [3.05, 3.63) is 66.0 Å². The van der Waals surface area contributed by atoms with Crippen molar-refractivity contribution in [1.29, 1.82) is 0 Å². The Morgan fingerprint density at radius 3 is 2.44 bits per heavy atom. The molecule has 4 heterocycles. The van der Waals surface area contributed by atoms with Gasteiger partial charge in [-0.3, -0.25) is 14.7 Å². The first-order valence-corrected chi connectivity index (χ1v) is 14.4. The maximum absolute atomic E-state index is 13.4. The first-order chi connectivity index (χ1) is 21.3. The number of ether oxygens (including phenoxy) is 1. The topological polar surface area (TPSA) is 100 Å². The van der Waals surface area contributed by atoms with Crippen molar-refractivity contribution >= 4 is 16.9 Å². The predicted molar refractivity (Wildman–Crippen MR) is 150 cm³/mol. The Bertz CT molecular complexity index is 1690. The van der Waals surface area contributed by atoms with Crippen LogP contribution in [-0.4, -0.2) is 85.8 Å². The van der Waals surface area contributed by atoms with Gasteiger partial charge in [-0.05, 0) is 49.6 Å². The van der Waals surface area contributed by atoms with Crippen molar-refractivity contribution in [3.8, 4) is 17.1 Å². The number of halogens is 6. The Balaban J connectivity index is 1.10. The van der Waals surface area contributed by atoms with Crippen molar-refractivity contribution in [1.82, 2.24) is 34.7 Å². The molecule has 4 aromatic rings. The molecule has 6 rings (SSSR count). The van der Waals surface area contributed by atoms with E-state index in [1.165, 1.54) is 11.0 Å². The lowest BCUT2D eigenvalue weighted by atomic mass is 10.0. The van der Waals surface area contributed by atoms with E-state index in [2.05, 4.69) is 29.8 Å². The van der Waals surface area contributed by atoms with Crippen LogP contribution >= 0.6 is 0 Å². The molecule has 45 heavy (non-hydrogen) atoms. The van der Waals surface area contributed by atoms with Gasteiger partial charge >= 0.3 is 12.4 Å². The first kappa shape index (κ1) is 30.7. The first-order valence-electron chi connectivity index (χ1n) is 14.4. The van der Waals surface area contributed by atoms with Crippen LogP contribution in [0.2, 0.25) is 0 Å². The number of hydrogen-bond acceptors (Lipinski definition) is 7. The number of imidazole rings is 1. The fourth-order valence-corrected chi connectivity index (χ4v) is 5.63. The van der Waals surface area contributed by atoms with E-state index < -0.39 is 30.3 Å². The molecule has 1 aliphatic carbocycles. The molecule has 1 atom stereocenters.